The van der Waals surface area contributed by atoms with Gasteiger partial charge in [-0.1, -0.05) is 0 Å². The first-order valence-electron chi connectivity index (χ1n) is 4.91. The van der Waals surface area contributed by atoms with E-state index in [2.05, 4.69) is 4.73 Å². The molecule has 15 heavy (non-hydrogen) atoms. The van der Waals surface area contributed by atoms with E-state index in [1.807, 2.05) is 38.4 Å². The van der Waals surface area contributed by atoms with Crippen LogP contribution < -0.4 is 0 Å². The summed E-state index contributed by atoms with van der Waals surface area (Å²) in [6, 6.07) is 2.20. The highest BCUT2D eigenvalue weighted by Crippen LogP contribution is 2.46. The van der Waals surface area contributed by atoms with Crippen LogP contribution in [0.5, 0.6) is 0 Å². The van der Waals surface area contributed by atoms with Crippen LogP contribution in [0, 0.1) is 11.3 Å². The largest absolute Gasteiger partial charge is 0.319 e. The van der Waals surface area contributed by atoms with Crippen molar-refractivity contribution in [1.82, 2.24) is 4.67 Å². The number of hydrogen-bond donors (Lipinski definition) is 0. The van der Waals surface area contributed by atoms with E-state index < -0.39 is 8.53 Å². The second kappa shape index (κ2) is 7.95. The van der Waals surface area contributed by atoms with Crippen LogP contribution in [0.25, 0.3) is 0 Å². The number of nitriles is 1. The molecule has 0 amide bonds. The number of hydrogen-bond acceptors (Lipinski definition) is 4. The topological polar surface area (TPSA) is 45.5 Å². The van der Waals surface area contributed by atoms with Crippen LogP contribution in [-0.2, 0) is 9.25 Å². The molecule has 1 unspecified atom stereocenters. The van der Waals surface area contributed by atoms with Gasteiger partial charge in [0.1, 0.15) is 0 Å². The third-order valence-electron chi connectivity index (χ3n) is 1.72. The molecule has 0 aromatic rings. The lowest BCUT2D eigenvalue weighted by molar-refractivity contribution is -0.0271. The minimum atomic E-state index is -1.70. The van der Waals surface area contributed by atoms with E-state index in [0.717, 1.165) is 0 Å². The Morgan fingerprint density at radius 3 is 2.20 bits per heavy atom. The van der Waals surface area contributed by atoms with Gasteiger partial charge in [0.2, 0.25) is 0 Å². The summed E-state index contributed by atoms with van der Waals surface area (Å²) in [6.45, 7) is 7.98. The molecule has 0 N–H and O–H groups in total. The Kier molecular flexibility index (Phi) is 7.81. The molecule has 6 heteroatoms. The molecule has 0 bridgehead atoms. The van der Waals surface area contributed by atoms with Gasteiger partial charge in [0.15, 0.2) is 0 Å². The van der Waals surface area contributed by atoms with Gasteiger partial charge in [-0.05, 0) is 32.2 Å². The number of rotatable bonds is 7. The maximum absolute atomic E-state index is 12.3. The predicted molar refractivity (Wildman–Crippen MR) is 57.4 cm³/mol. The van der Waals surface area contributed by atoms with Crippen molar-refractivity contribution in [3.8, 4) is 6.07 Å². The zero-order valence-corrected chi connectivity index (χ0v) is 10.5. The molecule has 0 heterocycles. The van der Waals surface area contributed by atoms with Crippen molar-refractivity contribution in [1.29, 1.82) is 5.26 Å². The van der Waals surface area contributed by atoms with Gasteiger partial charge in [-0.25, -0.2) is 4.67 Å². The molecule has 0 saturated heterocycles. The van der Waals surface area contributed by atoms with E-state index in [9.17, 15) is 4.53 Å². The van der Waals surface area contributed by atoms with Crippen molar-refractivity contribution in [2.45, 2.75) is 46.2 Å². The van der Waals surface area contributed by atoms with E-state index in [4.69, 9.17) is 9.79 Å². The predicted octanol–water partition coefficient (Wildman–Crippen LogP) is 3.16. The van der Waals surface area contributed by atoms with Crippen LogP contribution in [0.4, 0.5) is 4.53 Å². The SMILES string of the molecule is CC(C)N(C(C)C)P(OF)OCCC#N. The van der Waals surface area contributed by atoms with Gasteiger partial charge in [-0.15, -0.1) is 4.73 Å². The lowest BCUT2D eigenvalue weighted by Crippen LogP contribution is -2.33. The van der Waals surface area contributed by atoms with Crippen molar-refractivity contribution in [3.05, 3.63) is 0 Å². The summed E-state index contributed by atoms with van der Waals surface area (Å²) in [5.41, 5.74) is 0. The minimum Gasteiger partial charge on any atom is -0.319 e. The van der Waals surface area contributed by atoms with Crippen LogP contribution in [-0.4, -0.2) is 23.4 Å². The zero-order chi connectivity index (χ0) is 11.8. The minimum absolute atomic E-state index is 0.133. The van der Waals surface area contributed by atoms with E-state index in [0.29, 0.717) is 0 Å². The van der Waals surface area contributed by atoms with Gasteiger partial charge in [0, 0.05) is 12.1 Å². The van der Waals surface area contributed by atoms with Crippen molar-refractivity contribution >= 4 is 8.53 Å². The van der Waals surface area contributed by atoms with Crippen molar-refractivity contribution in [2.24, 2.45) is 0 Å². The van der Waals surface area contributed by atoms with Gasteiger partial charge in [0.25, 0.3) is 8.53 Å². The maximum Gasteiger partial charge on any atom is 0.298 e. The third kappa shape index (κ3) is 5.39. The number of nitrogens with zero attached hydrogens (tertiary/aromatic N) is 2. The third-order valence-corrected chi connectivity index (χ3v) is 3.54. The molecule has 0 radical (unpaired) electrons. The van der Waals surface area contributed by atoms with Gasteiger partial charge in [-0.3, -0.25) is 0 Å². The molecular weight excluding hydrogens is 218 g/mol. The molecule has 0 aliphatic carbocycles. The summed E-state index contributed by atoms with van der Waals surface area (Å²) in [4.78, 5) is 0. The van der Waals surface area contributed by atoms with Crippen LogP contribution in [0.15, 0.2) is 0 Å². The maximum atomic E-state index is 12.3. The van der Waals surface area contributed by atoms with Crippen molar-refractivity contribution in [2.75, 3.05) is 6.61 Å². The molecule has 0 saturated carbocycles. The normalized spacial score (nSPS) is 13.5. The first kappa shape index (κ1) is 14.7. The Hall–Kier alpha value is -0.270. The average molecular weight is 236 g/mol. The molecule has 0 aliphatic rings. The average Bonchev–Trinajstić information content (AvgIpc) is 2.15. The fraction of sp³-hybridized carbons (Fsp3) is 0.889. The van der Waals surface area contributed by atoms with Crippen LogP contribution in [0.1, 0.15) is 34.1 Å². The lowest BCUT2D eigenvalue weighted by Gasteiger charge is -2.32. The quantitative estimate of drug-likeness (QED) is 0.503. The Morgan fingerprint density at radius 2 is 1.87 bits per heavy atom. The summed E-state index contributed by atoms with van der Waals surface area (Å²) in [5, 5.41) is 8.34. The molecule has 0 aromatic carbocycles. The molecule has 0 aromatic heterocycles. The standard InChI is InChI=1S/C9H18FN2O2P/c1-8(2)12(9(3)4)15(14-10)13-7-5-6-11/h8-9H,5,7H2,1-4H3. The second-order valence-electron chi connectivity index (χ2n) is 3.62. The molecular formula is C9H18FN2O2P. The molecule has 0 spiro atoms. The van der Waals surface area contributed by atoms with Crippen molar-refractivity contribution < 1.29 is 13.8 Å². The van der Waals surface area contributed by atoms with Gasteiger partial charge >= 0.3 is 0 Å². The van der Waals surface area contributed by atoms with Gasteiger partial charge in [0.05, 0.1) is 19.1 Å². The monoisotopic (exact) mass is 236 g/mol. The highest BCUT2D eigenvalue weighted by molar-refractivity contribution is 7.44. The molecule has 0 aliphatic heterocycles. The first-order chi connectivity index (χ1) is 7.04. The molecule has 0 rings (SSSR count). The van der Waals surface area contributed by atoms with E-state index in [1.165, 1.54) is 0 Å². The first-order valence-corrected chi connectivity index (χ1v) is 6.04. The summed E-state index contributed by atoms with van der Waals surface area (Å²) in [5.74, 6) is 0. The van der Waals surface area contributed by atoms with Gasteiger partial charge < -0.3 is 4.52 Å². The fourth-order valence-corrected chi connectivity index (χ4v) is 2.51. The summed E-state index contributed by atoms with van der Waals surface area (Å²) >= 11 is 0. The zero-order valence-electron chi connectivity index (χ0n) is 9.61. The smallest absolute Gasteiger partial charge is 0.298 e. The van der Waals surface area contributed by atoms with E-state index in [-0.39, 0.29) is 25.1 Å². The second-order valence-corrected chi connectivity index (χ2v) is 4.95. The number of halogens is 1. The highest BCUT2D eigenvalue weighted by Gasteiger charge is 2.27. The molecule has 4 nitrogen and oxygen atoms in total. The lowest BCUT2D eigenvalue weighted by atomic mass is 10.3. The Morgan fingerprint density at radius 1 is 1.33 bits per heavy atom. The summed E-state index contributed by atoms with van der Waals surface area (Å²) in [7, 11) is -1.70. The van der Waals surface area contributed by atoms with E-state index in [1.54, 1.807) is 0 Å². The Bertz CT molecular complexity index is 201. The molecule has 88 valence electrons. The van der Waals surface area contributed by atoms with Gasteiger partial charge in [-0.2, -0.15) is 5.26 Å². The van der Waals surface area contributed by atoms with Crippen LogP contribution >= 0.6 is 8.53 Å². The fourth-order valence-electron chi connectivity index (χ4n) is 1.27. The molecule has 0 fully saturated rings. The van der Waals surface area contributed by atoms with E-state index >= 15 is 0 Å². The highest BCUT2D eigenvalue weighted by atomic mass is 31.2. The van der Waals surface area contributed by atoms with Crippen LogP contribution in [0.3, 0.4) is 0 Å². The molecule has 1 atom stereocenters. The van der Waals surface area contributed by atoms with Crippen molar-refractivity contribution in [3.63, 3.8) is 0 Å². The summed E-state index contributed by atoms with van der Waals surface area (Å²) < 4.78 is 23.2. The summed E-state index contributed by atoms with van der Waals surface area (Å²) in [6.07, 6.45) is 0.242. The Balaban J connectivity index is 4.27. The van der Waals surface area contributed by atoms with Crippen LogP contribution in [0.2, 0.25) is 0 Å². The Labute approximate surface area is 91.8 Å².